The molecule has 0 bridgehead atoms. The standard InChI is InChI=1S/C12H9NO5/c1-2-18-12(17)6-5-13-10-8(15)4-3-7(14)9(10)11(6)16/h3-5H,2H2,1H3,(H,13,16). The molecule has 0 unspecified atom stereocenters. The third-order valence-electron chi connectivity index (χ3n) is 2.46. The second-order valence-corrected chi connectivity index (χ2v) is 3.56. The Labute approximate surface area is 101 Å². The molecule has 6 heteroatoms. The van der Waals surface area contributed by atoms with E-state index in [-0.39, 0.29) is 23.4 Å². The first kappa shape index (κ1) is 12.0. The third kappa shape index (κ3) is 1.77. The Hall–Kier alpha value is -2.50. The van der Waals surface area contributed by atoms with E-state index in [2.05, 4.69) is 9.72 Å². The van der Waals surface area contributed by atoms with Crippen molar-refractivity contribution in [3.8, 4) is 0 Å². The molecule has 0 saturated carbocycles. The number of rotatable bonds is 2. The van der Waals surface area contributed by atoms with Crippen molar-refractivity contribution < 1.29 is 19.1 Å². The van der Waals surface area contributed by atoms with Gasteiger partial charge in [-0.1, -0.05) is 0 Å². The second kappa shape index (κ2) is 4.40. The van der Waals surface area contributed by atoms with Gasteiger partial charge in [0, 0.05) is 6.20 Å². The number of pyridine rings is 1. The average Bonchev–Trinajstić information content (AvgIpc) is 2.34. The van der Waals surface area contributed by atoms with Gasteiger partial charge < -0.3 is 9.72 Å². The number of nitrogens with one attached hydrogen (secondary N) is 1. The Kier molecular flexibility index (Phi) is 2.93. The number of ether oxygens (including phenoxy) is 1. The SMILES string of the molecule is CCOC(=O)c1c[nH]c2c(c1=O)C(=O)C=CC2=O. The van der Waals surface area contributed by atoms with Crippen molar-refractivity contribution in [2.45, 2.75) is 6.92 Å². The van der Waals surface area contributed by atoms with Crippen LogP contribution < -0.4 is 5.43 Å². The van der Waals surface area contributed by atoms with E-state index in [0.717, 1.165) is 18.3 Å². The number of hydrogen-bond donors (Lipinski definition) is 1. The number of allylic oxidation sites excluding steroid dienone is 2. The highest BCUT2D eigenvalue weighted by Gasteiger charge is 2.26. The zero-order chi connectivity index (χ0) is 13.3. The zero-order valence-corrected chi connectivity index (χ0v) is 9.48. The van der Waals surface area contributed by atoms with Crippen molar-refractivity contribution in [1.82, 2.24) is 4.98 Å². The molecule has 0 aliphatic heterocycles. The van der Waals surface area contributed by atoms with Gasteiger partial charge >= 0.3 is 5.97 Å². The molecule has 0 aromatic carbocycles. The van der Waals surface area contributed by atoms with Gasteiger partial charge in [0.1, 0.15) is 11.3 Å². The molecule has 1 aromatic heterocycles. The van der Waals surface area contributed by atoms with E-state index in [0.29, 0.717) is 0 Å². The molecule has 2 rings (SSSR count). The highest BCUT2D eigenvalue weighted by molar-refractivity contribution is 6.21. The molecule has 0 saturated heterocycles. The molecule has 1 heterocycles. The normalized spacial score (nSPS) is 13.4. The summed E-state index contributed by atoms with van der Waals surface area (Å²) in [5, 5.41) is 0. The summed E-state index contributed by atoms with van der Waals surface area (Å²) in [6, 6.07) is 0. The molecule has 0 radical (unpaired) electrons. The Bertz CT molecular complexity index is 638. The number of fused-ring (bicyclic) bond motifs is 1. The monoisotopic (exact) mass is 247 g/mol. The fourth-order valence-electron chi connectivity index (χ4n) is 1.64. The molecule has 0 amide bonds. The Balaban J connectivity index is 2.62. The maximum Gasteiger partial charge on any atom is 0.343 e. The Morgan fingerprint density at radius 2 is 1.89 bits per heavy atom. The summed E-state index contributed by atoms with van der Waals surface area (Å²) < 4.78 is 4.69. The molecule has 1 aliphatic rings. The highest BCUT2D eigenvalue weighted by Crippen LogP contribution is 2.11. The summed E-state index contributed by atoms with van der Waals surface area (Å²) in [7, 11) is 0. The van der Waals surface area contributed by atoms with Crippen LogP contribution in [0.5, 0.6) is 0 Å². The first-order valence-electron chi connectivity index (χ1n) is 5.25. The summed E-state index contributed by atoms with van der Waals surface area (Å²) in [6.07, 6.45) is 3.17. The minimum Gasteiger partial charge on any atom is -0.462 e. The number of esters is 1. The predicted molar refractivity (Wildman–Crippen MR) is 60.8 cm³/mol. The lowest BCUT2D eigenvalue weighted by molar-refractivity contribution is 0.0524. The predicted octanol–water partition coefficient (Wildman–Crippen LogP) is 0.487. The summed E-state index contributed by atoms with van der Waals surface area (Å²) in [4.78, 5) is 49.0. The summed E-state index contributed by atoms with van der Waals surface area (Å²) in [5.74, 6) is -1.90. The van der Waals surface area contributed by atoms with Crippen LogP contribution in [0.15, 0.2) is 23.1 Å². The van der Waals surface area contributed by atoms with Crippen LogP contribution in [0.2, 0.25) is 0 Å². The summed E-state index contributed by atoms with van der Waals surface area (Å²) in [5.41, 5.74) is -1.48. The van der Waals surface area contributed by atoms with Gasteiger partial charge in [-0.25, -0.2) is 4.79 Å². The van der Waals surface area contributed by atoms with E-state index < -0.39 is 23.0 Å². The molecule has 1 N–H and O–H groups in total. The molecule has 0 spiro atoms. The molecule has 1 aromatic rings. The Morgan fingerprint density at radius 1 is 1.22 bits per heavy atom. The number of aromatic amines is 1. The van der Waals surface area contributed by atoms with Crippen LogP contribution in [0.25, 0.3) is 0 Å². The van der Waals surface area contributed by atoms with Gasteiger partial charge in [0.25, 0.3) is 0 Å². The fraction of sp³-hybridized carbons (Fsp3) is 0.167. The van der Waals surface area contributed by atoms with Gasteiger partial charge in [-0.2, -0.15) is 0 Å². The van der Waals surface area contributed by atoms with Gasteiger partial charge in [0.05, 0.1) is 12.2 Å². The number of hydrogen-bond acceptors (Lipinski definition) is 5. The van der Waals surface area contributed by atoms with Gasteiger partial charge in [-0.05, 0) is 19.1 Å². The van der Waals surface area contributed by atoms with Gasteiger partial charge in [-0.3, -0.25) is 14.4 Å². The van der Waals surface area contributed by atoms with Crippen LogP contribution >= 0.6 is 0 Å². The van der Waals surface area contributed by atoms with Crippen molar-refractivity contribution >= 4 is 17.5 Å². The first-order valence-corrected chi connectivity index (χ1v) is 5.25. The minimum absolute atomic E-state index is 0.0967. The molecule has 0 fully saturated rings. The van der Waals surface area contributed by atoms with E-state index in [9.17, 15) is 19.2 Å². The summed E-state index contributed by atoms with van der Waals surface area (Å²) >= 11 is 0. The maximum atomic E-state index is 12.0. The molecule has 92 valence electrons. The van der Waals surface area contributed by atoms with E-state index in [1.807, 2.05) is 0 Å². The van der Waals surface area contributed by atoms with E-state index in [1.165, 1.54) is 0 Å². The number of aromatic nitrogens is 1. The molecule has 0 atom stereocenters. The van der Waals surface area contributed by atoms with E-state index in [1.54, 1.807) is 6.92 Å². The molecule has 6 nitrogen and oxygen atoms in total. The Morgan fingerprint density at radius 3 is 2.56 bits per heavy atom. The number of carbonyl (C=O) groups is 3. The zero-order valence-electron chi connectivity index (χ0n) is 9.48. The number of H-pyrrole nitrogens is 1. The van der Waals surface area contributed by atoms with Crippen molar-refractivity contribution in [3.63, 3.8) is 0 Å². The second-order valence-electron chi connectivity index (χ2n) is 3.56. The van der Waals surface area contributed by atoms with Crippen molar-refractivity contribution in [1.29, 1.82) is 0 Å². The molecular weight excluding hydrogens is 238 g/mol. The quantitative estimate of drug-likeness (QED) is 0.767. The van der Waals surface area contributed by atoms with Crippen LogP contribution in [-0.2, 0) is 4.74 Å². The number of ketones is 2. The van der Waals surface area contributed by atoms with Gasteiger partial charge in [-0.15, -0.1) is 0 Å². The van der Waals surface area contributed by atoms with Crippen molar-refractivity contribution in [2.24, 2.45) is 0 Å². The highest BCUT2D eigenvalue weighted by atomic mass is 16.5. The lowest BCUT2D eigenvalue weighted by atomic mass is 9.98. The first-order chi connectivity index (χ1) is 8.56. The molecular formula is C12H9NO5. The minimum atomic E-state index is -0.823. The van der Waals surface area contributed by atoms with Crippen LogP contribution in [0.3, 0.4) is 0 Å². The topological polar surface area (TPSA) is 93.3 Å². The fourth-order valence-corrected chi connectivity index (χ4v) is 1.64. The van der Waals surface area contributed by atoms with Gasteiger partial charge in [0.15, 0.2) is 5.78 Å². The largest absolute Gasteiger partial charge is 0.462 e. The van der Waals surface area contributed by atoms with Crippen LogP contribution in [0, 0.1) is 0 Å². The maximum absolute atomic E-state index is 12.0. The molecule has 18 heavy (non-hydrogen) atoms. The van der Waals surface area contributed by atoms with E-state index in [4.69, 9.17) is 0 Å². The van der Waals surface area contributed by atoms with E-state index >= 15 is 0 Å². The van der Waals surface area contributed by atoms with Crippen LogP contribution in [0.4, 0.5) is 0 Å². The van der Waals surface area contributed by atoms with Crippen LogP contribution in [-0.4, -0.2) is 29.1 Å². The van der Waals surface area contributed by atoms with Crippen molar-refractivity contribution in [2.75, 3.05) is 6.61 Å². The van der Waals surface area contributed by atoms with Crippen molar-refractivity contribution in [3.05, 3.63) is 45.4 Å². The smallest absolute Gasteiger partial charge is 0.343 e. The number of carbonyl (C=O) groups excluding carboxylic acids is 3. The molecule has 1 aliphatic carbocycles. The third-order valence-corrected chi connectivity index (χ3v) is 2.46. The lowest BCUT2D eigenvalue weighted by Crippen LogP contribution is -2.28. The lowest BCUT2D eigenvalue weighted by Gasteiger charge is -2.09. The average molecular weight is 247 g/mol. The summed E-state index contributed by atoms with van der Waals surface area (Å²) in [6.45, 7) is 1.71. The van der Waals surface area contributed by atoms with Gasteiger partial charge in [0.2, 0.25) is 11.2 Å². The van der Waals surface area contributed by atoms with Crippen LogP contribution in [0.1, 0.15) is 38.1 Å².